The van der Waals surface area contributed by atoms with Crippen molar-refractivity contribution in [3.05, 3.63) is 29.3 Å². The van der Waals surface area contributed by atoms with E-state index in [9.17, 15) is 13.2 Å². The summed E-state index contributed by atoms with van der Waals surface area (Å²) in [5.74, 6) is 1.03. The molecule has 1 saturated carbocycles. The van der Waals surface area contributed by atoms with Gasteiger partial charge < -0.3 is 10.1 Å². The molecule has 1 fully saturated rings. The SMILES string of the molecule is Cc1cccc(OCCC(=O)NCC2CC(S(C)(=O)=O)C2)c1C. The number of rotatable bonds is 7. The van der Waals surface area contributed by atoms with Gasteiger partial charge in [0.25, 0.3) is 0 Å². The lowest BCUT2D eigenvalue weighted by Crippen LogP contribution is -2.42. The van der Waals surface area contributed by atoms with Crippen molar-refractivity contribution in [3.8, 4) is 5.75 Å². The molecule has 0 heterocycles. The Bertz CT molecular complexity index is 663. The van der Waals surface area contributed by atoms with Crippen molar-refractivity contribution in [2.45, 2.75) is 38.4 Å². The second-order valence-electron chi connectivity index (χ2n) is 6.39. The molecule has 0 unspecified atom stereocenters. The molecule has 0 aliphatic heterocycles. The third-order valence-corrected chi connectivity index (χ3v) is 6.12. The van der Waals surface area contributed by atoms with E-state index < -0.39 is 9.84 Å². The maximum absolute atomic E-state index is 11.8. The van der Waals surface area contributed by atoms with E-state index in [0.29, 0.717) is 32.4 Å². The zero-order chi connectivity index (χ0) is 17.0. The average Bonchev–Trinajstić information content (AvgIpc) is 2.40. The molecule has 0 aromatic heterocycles. The maximum atomic E-state index is 11.8. The number of amides is 1. The summed E-state index contributed by atoms with van der Waals surface area (Å²) in [6.07, 6.45) is 2.88. The van der Waals surface area contributed by atoms with Crippen LogP contribution in [0, 0.1) is 19.8 Å². The molecule has 0 atom stereocenters. The standard InChI is InChI=1S/C17H25NO4S/c1-12-5-4-6-16(13(12)2)22-8-7-17(19)18-11-14-9-15(10-14)23(3,20)21/h4-6,14-15H,7-11H2,1-3H3,(H,18,19). The molecule has 1 aromatic rings. The highest BCUT2D eigenvalue weighted by atomic mass is 32.2. The van der Waals surface area contributed by atoms with Crippen LogP contribution in [0.4, 0.5) is 0 Å². The smallest absolute Gasteiger partial charge is 0.223 e. The lowest BCUT2D eigenvalue weighted by atomic mass is 9.85. The molecule has 128 valence electrons. The zero-order valence-corrected chi connectivity index (χ0v) is 14.8. The molecule has 0 spiro atoms. The molecule has 0 radical (unpaired) electrons. The van der Waals surface area contributed by atoms with Crippen molar-refractivity contribution in [1.29, 1.82) is 0 Å². The van der Waals surface area contributed by atoms with Crippen LogP contribution in [-0.4, -0.2) is 39.0 Å². The van der Waals surface area contributed by atoms with E-state index in [0.717, 1.165) is 16.9 Å². The summed E-state index contributed by atoms with van der Waals surface area (Å²) in [5, 5.41) is 2.63. The molecular weight excluding hydrogens is 314 g/mol. The average molecular weight is 339 g/mol. The van der Waals surface area contributed by atoms with E-state index in [4.69, 9.17) is 4.74 Å². The highest BCUT2D eigenvalue weighted by Gasteiger charge is 2.35. The highest BCUT2D eigenvalue weighted by Crippen LogP contribution is 2.31. The number of hydrogen-bond donors (Lipinski definition) is 1. The van der Waals surface area contributed by atoms with Crippen molar-refractivity contribution in [3.63, 3.8) is 0 Å². The predicted molar refractivity (Wildman–Crippen MR) is 90.4 cm³/mol. The van der Waals surface area contributed by atoms with Crippen LogP contribution < -0.4 is 10.1 Å². The number of carbonyl (C=O) groups is 1. The minimum Gasteiger partial charge on any atom is -0.493 e. The largest absolute Gasteiger partial charge is 0.493 e. The van der Waals surface area contributed by atoms with Crippen LogP contribution in [0.5, 0.6) is 5.75 Å². The number of sulfone groups is 1. The summed E-state index contributed by atoms with van der Waals surface area (Å²) in [7, 11) is -2.92. The van der Waals surface area contributed by atoms with Gasteiger partial charge in [0.2, 0.25) is 5.91 Å². The Morgan fingerprint density at radius 2 is 2.00 bits per heavy atom. The number of hydrogen-bond acceptors (Lipinski definition) is 4. The number of ether oxygens (including phenoxy) is 1. The van der Waals surface area contributed by atoms with Crippen molar-refractivity contribution in [1.82, 2.24) is 5.32 Å². The number of nitrogens with one attached hydrogen (secondary N) is 1. The van der Waals surface area contributed by atoms with Crippen LogP contribution in [0.3, 0.4) is 0 Å². The molecule has 1 aliphatic carbocycles. The first kappa shape index (κ1) is 17.8. The number of aryl methyl sites for hydroxylation is 1. The minimum absolute atomic E-state index is 0.0573. The molecule has 5 nitrogen and oxygen atoms in total. The topological polar surface area (TPSA) is 72.5 Å². The van der Waals surface area contributed by atoms with E-state index in [1.165, 1.54) is 6.26 Å². The van der Waals surface area contributed by atoms with E-state index in [1.54, 1.807) is 0 Å². The summed E-state index contributed by atoms with van der Waals surface area (Å²) < 4.78 is 28.3. The Hall–Kier alpha value is -1.56. The molecule has 0 bridgehead atoms. The van der Waals surface area contributed by atoms with Crippen LogP contribution in [0.15, 0.2) is 18.2 Å². The Balaban J connectivity index is 1.64. The third kappa shape index (κ3) is 4.96. The quantitative estimate of drug-likeness (QED) is 0.825. The molecule has 1 amide bonds. The fourth-order valence-corrected chi connectivity index (χ4v) is 3.92. The van der Waals surface area contributed by atoms with Gasteiger partial charge in [0.15, 0.2) is 0 Å². The van der Waals surface area contributed by atoms with Crippen LogP contribution in [0.2, 0.25) is 0 Å². The van der Waals surface area contributed by atoms with Crippen molar-refractivity contribution in [2.75, 3.05) is 19.4 Å². The lowest BCUT2D eigenvalue weighted by Gasteiger charge is -2.33. The van der Waals surface area contributed by atoms with Gasteiger partial charge in [-0.1, -0.05) is 12.1 Å². The molecular formula is C17H25NO4S. The van der Waals surface area contributed by atoms with Gasteiger partial charge in [-0.2, -0.15) is 0 Å². The maximum Gasteiger partial charge on any atom is 0.223 e. The lowest BCUT2D eigenvalue weighted by molar-refractivity contribution is -0.121. The molecule has 1 aromatic carbocycles. The molecule has 23 heavy (non-hydrogen) atoms. The van der Waals surface area contributed by atoms with Crippen LogP contribution in [0.1, 0.15) is 30.4 Å². The monoisotopic (exact) mass is 339 g/mol. The van der Waals surface area contributed by atoms with E-state index in [-0.39, 0.29) is 17.1 Å². The number of benzene rings is 1. The van der Waals surface area contributed by atoms with E-state index in [2.05, 4.69) is 5.32 Å². The molecule has 0 saturated heterocycles. The Morgan fingerprint density at radius 1 is 1.30 bits per heavy atom. The summed E-state index contributed by atoms with van der Waals surface area (Å²) in [5.41, 5.74) is 2.26. The van der Waals surface area contributed by atoms with Gasteiger partial charge in [-0.3, -0.25) is 4.79 Å². The van der Waals surface area contributed by atoms with Gasteiger partial charge in [0.05, 0.1) is 18.3 Å². The van der Waals surface area contributed by atoms with Crippen LogP contribution in [0.25, 0.3) is 0 Å². The first-order valence-electron chi connectivity index (χ1n) is 7.92. The van der Waals surface area contributed by atoms with Gasteiger partial charge >= 0.3 is 0 Å². The third-order valence-electron chi connectivity index (χ3n) is 4.53. The second kappa shape index (κ2) is 7.34. The van der Waals surface area contributed by atoms with Gasteiger partial charge in [-0.15, -0.1) is 0 Å². The van der Waals surface area contributed by atoms with Gasteiger partial charge in [0.1, 0.15) is 15.6 Å². The van der Waals surface area contributed by atoms with Crippen molar-refractivity contribution < 1.29 is 17.9 Å². The molecule has 2 rings (SSSR count). The Morgan fingerprint density at radius 3 is 2.65 bits per heavy atom. The number of carbonyl (C=O) groups excluding carboxylic acids is 1. The van der Waals surface area contributed by atoms with Gasteiger partial charge in [-0.25, -0.2) is 8.42 Å². The van der Waals surface area contributed by atoms with E-state index in [1.807, 2.05) is 32.0 Å². The molecule has 1 aliphatic rings. The van der Waals surface area contributed by atoms with Gasteiger partial charge in [-0.05, 0) is 49.8 Å². The summed E-state index contributed by atoms with van der Waals surface area (Å²) in [4.78, 5) is 11.8. The van der Waals surface area contributed by atoms with E-state index >= 15 is 0 Å². The normalized spacial score (nSPS) is 20.7. The van der Waals surface area contributed by atoms with Crippen molar-refractivity contribution in [2.24, 2.45) is 5.92 Å². The molecule has 1 N–H and O–H groups in total. The molecule has 6 heteroatoms. The fourth-order valence-electron chi connectivity index (χ4n) is 2.67. The first-order chi connectivity index (χ1) is 10.8. The zero-order valence-electron chi connectivity index (χ0n) is 14.0. The predicted octanol–water partition coefficient (Wildman–Crippen LogP) is 2.01. The summed E-state index contributed by atoms with van der Waals surface area (Å²) in [6, 6.07) is 5.86. The second-order valence-corrected chi connectivity index (χ2v) is 8.72. The summed E-state index contributed by atoms with van der Waals surface area (Å²) in [6.45, 7) is 4.91. The van der Waals surface area contributed by atoms with Crippen molar-refractivity contribution >= 4 is 15.7 Å². The van der Waals surface area contributed by atoms with Crippen LogP contribution >= 0.6 is 0 Å². The first-order valence-corrected chi connectivity index (χ1v) is 9.87. The highest BCUT2D eigenvalue weighted by molar-refractivity contribution is 7.91. The summed E-state index contributed by atoms with van der Waals surface area (Å²) >= 11 is 0. The fraction of sp³-hybridized carbons (Fsp3) is 0.588. The van der Waals surface area contributed by atoms with Crippen LogP contribution in [-0.2, 0) is 14.6 Å². The Kier molecular flexibility index (Phi) is 5.68. The Labute approximate surface area is 138 Å². The minimum atomic E-state index is -2.92. The van der Waals surface area contributed by atoms with Gasteiger partial charge in [0, 0.05) is 12.8 Å².